The maximum atomic E-state index is 5.72. The Morgan fingerprint density at radius 3 is 2.70 bits per heavy atom. The zero-order valence-electron chi connectivity index (χ0n) is 11.2. The van der Waals surface area contributed by atoms with Crippen molar-refractivity contribution in [3.63, 3.8) is 0 Å². The summed E-state index contributed by atoms with van der Waals surface area (Å²) < 4.78 is 6.98. The van der Waals surface area contributed by atoms with Gasteiger partial charge in [-0.15, -0.1) is 0 Å². The van der Waals surface area contributed by atoms with Crippen molar-refractivity contribution in [2.75, 3.05) is 0 Å². The van der Waals surface area contributed by atoms with Gasteiger partial charge in [0, 0.05) is 19.8 Å². The molecule has 102 valence electrons. The number of aryl methyl sites for hydroxylation is 1. The molecule has 0 fully saturated rings. The van der Waals surface area contributed by atoms with E-state index in [1.165, 1.54) is 0 Å². The highest BCUT2D eigenvalue weighted by molar-refractivity contribution is 5.46. The lowest BCUT2D eigenvalue weighted by Gasteiger charge is -2.03. The SMILES string of the molecule is Cn1ccc(-c2noc(Cc3ccccc3CN)n2)n1. The third-order valence-electron chi connectivity index (χ3n) is 3.09. The quantitative estimate of drug-likeness (QED) is 0.776. The summed E-state index contributed by atoms with van der Waals surface area (Å²) in [6.45, 7) is 0.497. The Hall–Kier alpha value is -2.47. The van der Waals surface area contributed by atoms with E-state index < -0.39 is 0 Å². The van der Waals surface area contributed by atoms with E-state index in [0.29, 0.717) is 30.4 Å². The Bertz CT molecular complexity index is 716. The van der Waals surface area contributed by atoms with Crippen molar-refractivity contribution in [2.24, 2.45) is 12.8 Å². The Balaban J connectivity index is 1.84. The van der Waals surface area contributed by atoms with Crippen molar-refractivity contribution in [3.05, 3.63) is 53.5 Å². The first kappa shape index (κ1) is 12.6. The molecule has 0 atom stereocenters. The van der Waals surface area contributed by atoms with Crippen LogP contribution in [0.3, 0.4) is 0 Å². The van der Waals surface area contributed by atoms with Crippen LogP contribution in [0.2, 0.25) is 0 Å². The summed E-state index contributed by atoms with van der Waals surface area (Å²) in [5.41, 5.74) is 8.62. The molecule has 0 aliphatic heterocycles. The third-order valence-corrected chi connectivity index (χ3v) is 3.09. The molecular weight excluding hydrogens is 254 g/mol. The molecule has 0 radical (unpaired) electrons. The maximum Gasteiger partial charge on any atom is 0.231 e. The van der Waals surface area contributed by atoms with Crippen LogP contribution in [0.5, 0.6) is 0 Å². The van der Waals surface area contributed by atoms with Crippen molar-refractivity contribution in [2.45, 2.75) is 13.0 Å². The largest absolute Gasteiger partial charge is 0.339 e. The van der Waals surface area contributed by atoms with Gasteiger partial charge in [-0.1, -0.05) is 29.4 Å². The van der Waals surface area contributed by atoms with Gasteiger partial charge in [-0.3, -0.25) is 4.68 Å². The molecule has 0 aliphatic carbocycles. The zero-order chi connectivity index (χ0) is 13.9. The minimum atomic E-state index is 0.497. The monoisotopic (exact) mass is 269 g/mol. The first-order valence-electron chi connectivity index (χ1n) is 6.35. The molecule has 0 amide bonds. The smallest absolute Gasteiger partial charge is 0.231 e. The first-order chi connectivity index (χ1) is 9.76. The standard InChI is InChI=1S/C14H15N5O/c1-19-7-6-12(17-19)14-16-13(20-18-14)8-10-4-2-3-5-11(10)9-15/h2-7H,8-9,15H2,1H3. The molecule has 3 aromatic rings. The molecule has 0 spiro atoms. The van der Waals surface area contributed by atoms with E-state index in [9.17, 15) is 0 Å². The van der Waals surface area contributed by atoms with Crippen LogP contribution in [0.1, 0.15) is 17.0 Å². The van der Waals surface area contributed by atoms with E-state index in [-0.39, 0.29) is 0 Å². The fourth-order valence-corrected chi connectivity index (χ4v) is 2.06. The summed E-state index contributed by atoms with van der Waals surface area (Å²) in [7, 11) is 1.85. The highest BCUT2D eigenvalue weighted by Gasteiger charge is 2.12. The number of nitrogens with zero attached hydrogens (tertiary/aromatic N) is 4. The molecule has 0 saturated carbocycles. The molecular formula is C14H15N5O. The third kappa shape index (κ3) is 2.46. The van der Waals surface area contributed by atoms with Crippen LogP contribution >= 0.6 is 0 Å². The molecule has 6 nitrogen and oxygen atoms in total. The average molecular weight is 269 g/mol. The van der Waals surface area contributed by atoms with E-state index in [1.807, 2.05) is 43.6 Å². The second-order valence-electron chi connectivity index (χ2n) is 4.54. The number of nitrogens with two attached hydrogens (primary N) is 1. The summed E-state index contributed by atoms with van der Waals surface area (Å²) >= 11 is 0. The number of rotatable bonds is 4. The lowest BCUT2D eigenvalue weighted by atomic mass is 10.0. The van der Waals surface area contributed by atoms with Gasteiger partial charge >= 0.3 is 0 Å². The van der Waals surface area contributed by atoms with Crippen molar-refractivity contribution in [3.8, 4) is 11.5 Å². The number of aromatic nitrogens is 4. The van der Waals surface area contributed by atoms with E-state index >= 15 is 0 Å². The van der Waals surface area contributed by atoms with Gasteiger partial charge in [0.25, 0.3) is 0 Å². The minimum absolute atomic E-state index is 0.497. The van der Waals surface area contributed by atoms with Crippen LogP contribution in [0.4, 0.5) is 0 Å². The molecule has 6 heteroatoms. The Morgan fingerprint density at radius 2 is 2.00 bits per heavy atom. The van der Waals surface area contributed by atoms with Crippen molar-refractivity contribution in [1.29, 1.82) is 0 Å². The van der Waals surface area contributed by atoms with Gasteiger partial charge in [-0.2, -0.15) is 10.1 Å². The van der Waals surface area contributed by atoms with Crippen LogP contribution in [0.25, 0.3) is 11.5 Å². The highest BCUT2D eigenvalue weighted by atomic mass is 16.5. The van der Waals surface area contributed by atoms with Gasteiger partial charge in [-0.25, -0.2) is 0 Å². The number of hydrogen-bond acceptors (Lipinski definition) is 5. The second kappa shape index (κ2) is 5.26. The van der Waals surface area contributed by atoms with E-state index in [0.717, 1.165) is 11.1 Å². The van der Waals surface area contributed by atoms with Crippen LogP contribution in [0.15, 0.2) is 41.1 Å². The predicted molar refractivity (Wildman–Crippen MR) is 73.6 cm³/mol. The fraction of sp³-hybridized carbons (Fsp3) is 0.214. The number of hydrogen-bond donors (Lipinski definition) is 1. The Kier molecular flexibility index (Phi) is 3.30. The molecule has 0 saturated heterocycles. The van der Waals surface area contributed by atoms with Gasteiger partial charge < -0.3 is 10.3 Å². The summed E-state index contributed by atoms with van der Waals surface area (Å²) in [5, 5.41) is 8.20. The second-order valence-corrected chi connectivity index (χ2v) is 4.54. The van der Waals surface area contributed by atoms with Gasteiger partial charge in [-0.05, 0) is 17.2 Å². The van der Waals surface area contributed by atoms with Crippen molar-refractivity contribution >= 4 is 0 Å². The van der Waals surface area contributed by atoms with Gasteiger partial charge in [0.15, 0.2) is 0 Å². The van der Waals surface area contributed by atoms with E-state index in [1.54, 1.807) is 4.68 Å². The summed E-state index contributed by atoms with van der Waals surface area (Å²) in [5.74, 6) is 1.07. The predicted octanol–water partition coefficient (Wildman–Crippen LogP) is 1.52. The molecule has 2 aromatic heterocycles. The van der Waals surface area contributed by atoms with Crippen LogP contribution < -0.4 is 5.73 Å². The molecule has 3 rings (SSSR count). The summed E-state index contributed by atoms with van der Waals surface area (Å²) in [6, 6.07) is 9.82. The van der Waals surface area contributed by atoms with E-state index in [4.69, 9.17) is 10.3 Å². The molecule has 0 bridgehead atoms. The topological polar surface area (TPSA) is 82.8 Å². The van der Waals surface area contributed by atoms with Gasteiger partial charge in [0.2, 0.25) is 11.7 Å². The van der Waals surface area contributed by atoms with Gasteiger partial charge in [0.1, 0.15) is 5.69 Å². The average Bonchev–Trinajstić information content (AvgIpc) is 3.08. The van der Waals surface area contributed by atoms with Crippen LogP contribution in [-0.4, -0.2) is 19.9 Å². The van der Waals surface area contributed by atoms with Crippen molar-refractivity contribution in [1.82, 2.24) is 19.9 Å². The summed E-state index contributed by atoms with van der Waals surface area (Å²) in [6.07, 6.45) is 2.42. The maximum absolute atomic E-state index is 5.72. The normalized spacial score (nSPS) is 10.9. The van der Waals surface area contributed by atoms with Crippen LogP contribution in [-0.2, 0) is 20.0 Å². The van der Waals surface area contributed by atoms with Gasteiger partial charge in [0.05, 0.1) is 6.42 Å². The lowest BCUT2D eigenvalue weighted by Crippen LogP contribution is -2.02. The Morgan fingerprint density at radius 1 is 1.20 bits per heavy atom. The molecule has 1 aromatic carbocycles. The Labute approximate surface area is 116 Å². The minimum Gasteiger partial charge on any atom is -0.339 e. The van der Waals surface area contributed by atoms with Crippen molar-refractivity contribution < 1.29 is 4.52 Å². The van der Waals surface area contributed by atoms with E-state index in [2.05, 4.69) is 15.2 Å². The summed E-state index contributed by atoms with van der Waals surface area (Å²) in [4.78, 5) is 4.37. The first-order valence-corrected chi connectivity index (χ1v) is 6.35. The molecule has 0 unspecified atom stereocenters. The number of benzene rings is 1. The molecule has 20 heavy (non-hydrogen) atoms. The molecule has 0 aliphatic rings. The molecule has 2 N–H and O–H groups in total. The highest BCUT2D eigenvalue weighted by Crippen LogP contribution is 2.16. The molecule has 2 heterocycles. The lowest BCUT2D eigenvalue weighted by molar-refractivity contribution is 0.385. The fourth-order valence-electron chi connectivity index (χ4n) is 2.06. The zero-order valence-corrected chi connectivity index (χ0v) is 11.2. The van der Waals surface area contributed by atoms with Crippen LogP contribution in [0, 0.1) is 0 Å².